The summed E-state index contributed by atoms with van der Waals surface area (Å²) in [6.07, 6.45) is 5.86. The molecule has 0 aromatic heterocycles. The van der Waals surface area contributed by atoms with Gasteiger partial charge in [-0.15, -0.1) is 0 Å². The topological polar surface area (TPSA) is 61.8 Å². The third-order valence-electron chi connectivity index (χ3n) is 4.97. The normalized spacial score (nSPS) is 15.8. The summed E-state index contributed by atoms with van der Waals surface area (Å²) in [6, 6.07) is 16.6. The Kier molecular flexibility index (Phi) is 3.77. The van der Waals surface area contributed by atoms with Gasteiger partial charge >= 0.3 is 5.97 Å². The van der Waals surface area contributed by atoms with Crippen LogP contribution in [0.4, 0.5) is 0 Å². The van der Waals surface area contributed by atoms with Crippen molar-refractivity contribution in [2.75, 3.05) is 0 Å². The minimum atomic E-state index is -1.32. The third kappa shape index (κ3) is 2.63. The minimum Gasteiger partial charge on any atom is -0.444 e. The molecule has 5 nitrogen and oxygen atoms in total. The molecule has 1 aliphatic heterocycles. The van der Waals surface area contributed by atoms with Crippen molar-refractivity contribution in [3.63, 3.8) is 0 Å². The molecular formula is C24H16O5. The molecule has 0 saturated carbocycles. The van der Waals surface area contributed by atoms with E-state index in [1.54, 1.807) is 37.3 Å². The molecule has 5 rings (SSSR count). The zero-order valence-electron chi connectivity index (χ0n) is 15.5. The highest BCUT2D eigenvalue weighted by molar-refractivity contribution is 6.10. The van der Waals surface area contributed by atoms with Gasteiger partial charge < -0.3 is 14.2 Å². The van der Waals surface area contributed by atoms with Crippen molar-refractivity contribution in [2.24, 2.45) is 0 Å². The molecular weight excluding hydrogens is 368 g/mol. The summed E-state index contributed by atoms with van der Waals surface area (Å²) in [5.41, 5.74) is 0.738. The van der Waals surface area contributed by atoms with Crippen LogP contribution in [0.2, 0.25) is 0 Å². The van der Waals surface area contributed by atoms with E-state index in [2.05, 4.69) is 0 Å². The van der Waals surface area contributed by atoms with Crippen molar-refractivity contribution in [1.29, 1.82) is 0 Å². The number of ketones is 1. The van der Waals surface area contributed by atoms with Gasteiger partial charge in [-0.1, -0.05) is 36.4 Å². The molecule has 142 valence electrons. The molecule has 29 heavy (non-hydrogen) atoms. The lowest BCUT2D eigenvalue weighted by molar-refractivity contribution is -0.129. The lowest BCUT2D eigenvalue weighted by atomic mass is 9.89. The van der Waals surface area contributed by atoms with Crippen molar-refractivity contribution in [3.05, 3.63) is 90.0 Å². The van der Waals surface area contributed by atoms with E-state index in [0.29, 0.717) is 17.1 Å². The fraction of sp³-hybridized carbons (Fsp3) is 0.0833. The standard InChI is InChI=1S/C24H16O5/c1-2-6-21(26)27-18-10-5-9-16-23(18)17(25)13-14-24(16)28-19-11-3-7-15-8-4-12-20(29-24)22(15)19/h2-14H,1H3/b6-2+. The highest BCUT2D eigenvalue weighted by Gasteiger charge is 2.45. The maximum Gasteiger partial charge on any atom is 0.335 e. The van der Waals surface area contributed by atoms with Crippen LogP contribution in [0, 0.1) is 0 Å². The van der Waals surface area contributed by atoms with E-state index in [1.165, 1.54) is 12.2 Å². The van der Waals surface area contributed by atoms with Crippen LogP contribution < -0.4 is 14.2 Å². The Morgan fingerprint density at radius 1 is 1.00 bits per heavy atom. The average Bonchev–Trinajstić information content (AvgIpc) is 2.72. The summed E-state index contributed by atoms with van der Waals surface area (Å²) in [5, 5.41) is 1.88. The SMILES string of the molecule is C/C=C/C(=O)Oc1cccc2c1C(=O)C=CC21Oc2cccc3cccc(c23)O1. The van der Waals surface area contributed by atoms with Crippen molar-refractivity contribution < 1.29 is 23.8 Å². The van der Waals surface area contributed by atoms with Crippen molar-refractivity contribution in [2.45, 2.75) is 12.7 Å². The van der Waals surface area contributed by atoms with Crippen molar-refractivity contribution in [3.8, 4) is 17.2 Å². The molecule has 1 aliphatic carbocycles. The van der Waals surface area contributed by atoms with E-state index < -0.39 is 11.8 Å². The van der Waals surface area contributed by atoms with Crippen LogP contribution in [0.25, 0.3) is 10.8 Å². The predicted molar refractivity (Wildman–Crippen MR) is 107 cm³/mol. The van der Waals surface area contributed by atoms with Gasteiger partial charge in [0.2, 0.25) is 0 Å². The molecule has 3 aromatic carbocycles. The number of ether oxygens (including phenoxy) is 3. The molecule has 2 aliphatic rings. The number of benzene rings is 3. The van der Waals surface area contributed by atoms with Crippen LogP contribution in [0.15, 0.2) is 78.9 Å². The number of allylic oxidation sites excluding steroid dienone is 2. The van der Waals surface area contributed by atoms with Crippen molar-refractivity contribution >= 4 is 22.5 Å². The number of carbonyl (C=O) groups is 2. The Balaban J connectivity index is 1.67. The number of hydrogen-bond acceptors (Lipinski definition) is 5. The van der Waals surface area contributed by atoms with Gasteiger partial charge in [0.25, 0.3) is 5.79 Å². The second kappa shape index (κ2) is 6.34. The monoisotopic (exact) mass is 384 g/mol. The van der Waals surface area contributed by atoms with Crippen LogP contribution in [0.3, 0.4) is 0 Å². The molecule has 0 fully saturated rings. The van der Waals surface area contributed by atoms with E-state index in [0.717, 1.165) is 10.8 Å². The Morgan fingerprint density at radius 2 is 1.69 bits per heavy atom. The molecule has 0 saturated heterocycles. The third-order valence-corrected chi connectivity index (χ3v) is 4.97. The molecule has 1 heterocycles. The summed E-state index contributed by atoms with van der Waals surface area (Å²) in [5.74, 6) is -0.675. The summed E-state index contributed by atoms with van der Waals surface area (Å²) in [7, 11) is 0. The molecule has 3 aromatic rings. The fourth-order valence-corrected chi connectivity index (χ4v) is 3.77. The quantitative estimate of drug-likeness (QED) is 0.364. The highest BCUT2D eigenvalue weighted by Crippen LogP contribution is 2.48. The first-order valence-corrected chi connectivity index (χ1v) is 9.23. The van der Waals surface area contributed by atoms with E-state index in [-0.39, 0.29) is 17.1 Å². The number of hydrogen-bond donors (Lipinski definition) is 0. The summed E-state index contributed by atoms with van der Waals surface area (Å²) >= 11 is 0. The molecule has 1 spiro atoms. The zero-order valence-corrected chi connectivity index (χ0v) is 15.5. The van der Waals surface area contributed by atoms with E-state index in [4.69, 9.17) is 14.2 Å². The summed E-state index contributed by atoms with van der Waals surface area (Å²) in [6.45, 7) is 1.71. The molecule has 0 amide bonds. The summed E-state index contributed by atoms with van der Waals surface area (Å²) < 4.78 is 18.0. The van der Waals surface area contributed by atoms with Gasteiger partial charge in [0, 0.05) is 12.2 Å². The van der Waals surface area contributed by atoms with Gasteiger partial charge in [-0.2, -0.15) is 0 Å². The number of fused-ring (bicyclic) bond motifs is 2. The maximum absolute atomic E-state index is 12.7. The Labute approximate surface area is 166 Å². The number of carbonyl (C=O) groups excluding carboxylic acids is 2. The summed E-state index contributed by atoms with van der Waals surface area (Å²) in [4.78, 5) is 24.7. The highest BCUT2D eigenvalue weighted by atomic mass is 16.7. The number of rotatable bonds is 2. The van der Waals surface area contributed by atoms with E-state index in [1.807, 2.05) is 36.4 Å². The van der Waals surface area contributed by atoms with Gasteiger partial charge in [-0.25, -0.2) is 4.79 Å². The van der Waals surface area contributed by atoms with Gasteiger partial charge in [0.15, 0.2) is 5.78 Å². The molecule has 0 atom stereocenters. The van der Waals surface area contributed by atoms with Crippen LogP contribution in [-0.2, 0) is 10.6 Å². The maximum atomic E-state index is 12.7. The second-order valence-corrected chi connectivity index (χ2v) is 6.78. The number of esters is 1. The van der Waals surface area contributed by atoms with Crippen LogP contribution >= 0.6 is 0 Å². The van der Waals surface area contributed by atoms with Crippen LogP contribution in [-0.4, -0.2) is 11.8 Å². The average molecular weight is 384 g/mol. The molecule has 5 heteroatoms. The van der Waals surface area contributed by atoms with Crippen LogP contribution in [0.1, 0.15) is 22.8 Å². The van der Waals surface area contributed by atoms with Crippen LogP contribution in [0.5, 0.6) is 17.2 Å². The van der Waals surface area contributed by atoms with Gasteiger partial charge in [0.1, 0.15) is 17.2 Å². The van der Waals surface area contributed by atoms with Gasteiger partial charge in [-0.05, 0) is 42.7 Å². The Morgan fingerprint density at radius 3 is 2.38 bits per heavy atom. The second-order valence-electron chi connectivity index (χ2n) is 6.78. The largest absolute Gasteiger partial charge is 0.444 e. The first-order chi connectivity index (χ1) is 14.1. The first kappa shape index (κ1) is 17.3. The molecule has 0 N–H and O–H groups in total. The molecule has 0 radical (unpaired) electrons. The van der Waals surface area contributed by atoms with Gasteiger partial charge in [-0.3, -0.25) is 4.79 Å². The van der Waals surface area contributed by atoms with E-state index >= 15 is 0 Å². The molecule has 0 unspecified atom stereocenters. The predicted octanol–water partition coefficient (Wildman–Crippen LogP) is 4.70. The van der Waals surface area contributed by atoms with Gasteiger partial charge in [0.05, 0.1) is 16.5 Å². The lowest BCUT2D eigenvalue weighted by Gasteiger charge is -2.39. The fourth-order valence-electron chi connectivity index (χ4n) is 3.77. The van der Waals surface area contributed by atoms with Crippen molar-refractivity contribution in [1.82, 2.24) is 0 Å². The van der Waals surface area contributed by atoms with E-state index in [9.17, 15) is 9.59 Å². The lowest BCUT2D eigenvalue weighted by Crippen LogP contribution is -2.42. The minimum absolute atomic E-state index is 0.170. The molecule has 0 bridgehead atoms. The Hall–Kier alpha value is -3.86. The Bertz CT molecular complexity index is 1190. The first-order valence-electron chi connectivity index (χ1n) is 9.23. The zero-order chi connectivity index (χ0) is 20.0. The smallest absolute Gasteiger partial charge is 0.335 e.